The fraction of sp³-hybridized carbons (Fsp3) is 0.636. The van der Waals surface area contributed by atoms with Crippen molar-refractivity contribution in [1.29, 1.82) is 0 Å². The van der Waals surface area contributed by atoms with Crippen molar-refractivity contribution in [3.05, 3.63) is 15.6 Å². The van der Waals surface area contributed by atoms with E-state index in [0.29, 0.717) is 0 Å². The summed E-state index contributed by atoms with van der Waals surface area (Å²) >= 11 is 1.46. The summed E-state index contributed by atoms with van der Waals surface area (Å²) in [5.74, 6) is 0.00861. The SMILES string of the molecule is Cc1nc(C)c(C(=O)NC2(C)CCNC2)s1. The highest BCUT2D eigenvalue weighted by Gasteiger charge is 2.31. The van der Waals surface area contributed by atoms with Crippen molar-refractivity contribution in [2.24, 2.45) is 0 Å². The Bertz CT molecular complexity index is 407. The first-order valence-corrected chi connectivity index (χ1v) is 6.29. The molecule has 1 aliphatic rings. The highest BCUT2D eigenvalue weighted by molar-refractivity contribution is 7.13. The molecule has 16 heavy (non-hydrogen) atoms. The third-order valence-corrected chi connectivity index (χ3v) is 3.97. The molecule has 1 fully saturated rings. The summed E-state index contributed by atoms with van der Waals surface area (Å²) in [4.78, 5) is 17.1. The van der Waals surface area contributed by atoms with Crippen LogP contribution in [-0.2, 0) is 0 Å². The van der Waals surface area contributed by atoms with Crippen LogP contribution < -0.4 is 10.6 Å². The van der Waals surface area contributed by atoms with Crippen molar-refractivity contribution in [1.82, 2.24) is 15.6 Å². The molecule has 0 saturated carbocycles. The van der Waals surface area contributed by atoms with Crippen LogP contribution in [0.1, 0.15) is 33.7 Å². The molecule has 5 heteroatoms. The predicted molar refractivity (Wildman–Crippen MR) is 64.9 cm³/mol. The smallest absolute Gasteiger partial charge is 0.263 e. The summed E-state index contributed by atoms with van der Waals surface area (Å²) in [6.07, 6.45) is 0.982. The molecule has 2 heterocycles. The minimum absolute atomic E-state index is 0.00861. The molecule has 1 aromatic heterocycles. The quantitative estimate of drug-likeness (QED) is 0.816. The molecular formula is C11H17N3OS. The number of carbonyl (C=O) groups excluding carboxylic acids is 1. The lowest BCUT2D eigenvalue weighted by Crippen LogP contribution is -2.47. The first-order chi connectivity index (χ1) is 7.50. The number of hydrogen-bond acceptors (Lipinski definition) is 4. The Morgan fingerprint density at radius 3 is 2.81 bits per heavy atom. The normalized spacial score (nSPS) is 24.7. The number of thiazole rings is 1. The van der Waals surface area contributed by atoms with Crippen LogP contribution >= 0.6 is 11.3 Å². The van der Waals surface area contributed by atoms with Crippen LogP contribution in [0.15, 0.2) is 0 Å². The third-order valence-electron chi connectivity index (χ3n) is 2.89. The van der Waals surface area contributed by atoms with Gasteiger partial charge >= 0.3 is 0 Å². The van der Waals surface area contributed by atoms with Crippen LogP contribution in [0.3, 0.4) is 0 Å². The maximum Gasteiger partial charge on any atom is 0.263 e. The van der Waals surface area contributed by atoms with E-state index in [0.717, 1.165) is 35.1 Å². The Balaban J connectivity index is 2.11. The molecule has 0 aromatic carbocycles. The molecule has 0 aliphatic carbocycles. The maximum atomic E-state index is 12.1. The van der Waals surface area contributed by atoms with E-state index in [9.17, 15) is 4.79 Å². The van der Waals surface area contributed by atoms with Gasteiger partial charge in [0, 0.05) is 6.54 Å². The molecule has 1 atom stereocenters. The Kier molecular flexibility index (Phi) is 2.99. The van der Waals surface area contributed by atoms with Gasteiger partial charge in [-0.2, -0.15) is 0 Å². The van der Waals surface area contributed by atoms with Gasteiger partial charge in [0.15, 0.2) is 0 Å². The van der Waals surface area contributed by atoms with Crippen LogP contribution in [0.4, 0.5) is 0 Å². The van der Waals surface area contributed by atoms with E-state index in [1.54, 1.807) is 0 Å². The van der Waals surface area contributed by atoms with Crippen molar-refractivity contribution in [2.75, 3.05) is 13.1 Å². The molecule has 1 aromatic rings. The highest BCUT2D eigenvalue weighted by Crippen LogP contribution is 2.20. The molecule has 1 amide bonds. The van der Waals surface area contributed by atoms with Crippen molar-refractivity contribution in [3.63, 3.8) is 0 Å². The van der Waals surface area contributed by atoms with Gasteiger partial charge in [0.1, 0.15) is 4.88 Å². The van der Waals surface area contributed by atoms with E-state index in [4.69, 9.17) is 0 Å². The van der Waals surface area contributed by atoms with Crippen LogP contribution in [0.2, 0.25) is 0 Å². The van der Waals surface area contributed by atoms with Crippen LogP contribution in [0.25, 0.3) is 0 Å². The van der Waals surface area contributed by atoms with E-state index in [1.807, 2.05) is 13.8 Å². The molecule has 0 radical (unpaired) electrons. The molecular weight excluding hydrogens is 222 g/mol. The maximum absolute atomic E-state index is 12.1. The second-order valence-electron chi connectivity index (χ2n) is 4.59. The van der Waals surface area contributed by atoms with Gasteiger partial charge in [-0.3, -0.25) is 4.79 Å². The largest absolute Gasteiger partial charge is 0.345 e. The summed E-state index contributed by atoms with van der Waals surface area (Å²) in [5, 5.41) is 7.30. The first kappa shape index (κ1) is 11.5. The van der Waals surface area contributed by atoms with E-state index in [-0.39, 0.29) is 11.4 Å². The van der Waals surface area contributed by atoms with E-state index in [1.165, 1.54) is 11.3 Å². The summed E-state index contributed by atoms with van der Waals surface area (Å²) in [5.41, 5.74) is 0.719. The molecule has 88 valence electrons. The minimum atomic E-state index is -0.110. The standard InChI is InChI=1S/C11H17N3OS/c1-7-9(16-8(2)13-7)10(15)14-11(3)4-5-12-6-11/h12H,4-6H2,1-3H3,(H,14,15). The van der Waals surface area contributed by atoms with Gasteiger partial charge < -0.3 is 10.6 Å². The van der Waals surface area contributed by atoms with Gasteiger partial charge in [0.2, 0.25) is 0 Å². The lowest BCUT2D eigenvalue weighted by Gasteiger charge is -2.24. The van der Waals surface area contributed by atoms with Crippen molar-refractivity contribution in [2.45, 2.75) is 32.7 Å². The van der Waals surface area contributed by atoms with Crippen LogP contribution in [0.5, 0.6) is 0 Å². The van der Waals surface area contributed by atoms with Crippen molar-refractivity contribution in [3.8, 4) is 0 Å². The molecule has 2 N–H and O–H groups in total. The fourth-order valence-corrected chi connectivity index (χ4v) is 2.81. The van der Waals surface area contributed by atoms with Gasteiger partial charge in [-0.15, -0.1) is 11.3 Å². The minimum Gasteiger partial charge on any atom is -0.345 e. The molecule has 1 unspecified atom stereocenters. The van der Waals surface area contributed by atoms with Crippen molar-refractivity contribution >= 4 is 17.2 Å². The Morgan fingerprint density at radius 1 is 1.56 bits per heavy atom. The number of rotatable bonds is 2. The number of hydrogen-bond donors (Lipinski definition) is 2. The zero-order valence-corrected chi connectivity index (χ0v) is 10.7. The molecule has 1 aliphatic heterocycles. The Hall–Kier alpha value is -0.940. The zero-order chi connectivity index (χ0) is 11.8. The molecule has 2 rings (SSSR count). The van der Waals surface area contributed by atoms with Crippen LogP contribution in [0, 0.1) is 13.8 Å². The predicted octanol–water partition coefficient (Wildman–Crippen LogP) is 1.24. The van der Waals surface area contributed by atoms with Crippen molar-refractivity contribution < 1.29 is 4.79 Å². The number of amides is 1. The zero-order valence-electron chi connectivity index (χ0n) is 9.89. The Labute approximate surface area is 99.5 Å². The highest BCUT2D eigenvalue weighted by atomic mass is 32.1. The average Bonchev–Trinajstić information content (AvgIpc) is 2.73. The number of carbonyl (C=O) groups is 1. The fourth-order valence-electron chi connectivity index (χ4n) is 2.00. The van der Waals surface area contributed by atoms with Gasteiger partial charge in [-0.1, -0.05) is 0 Å². The Morgan fingerprint density at radius 2 is 2.31 bits per heavy atom. The van der Waals surface area contributed by atoms with E-state index < -0.39 is 0 Å². The lowest BCUT2D eigenvalue weighted by atomic mass is 10.0. The summed E-state index contributed by atoms with van der Waals surface area (Å²) < 4.78 is 0. The first-order valence-electron chi connectivity index (χ1n) is 5.47. The molecule has 4 nitrogen and oxygen atoms in total. The van der Waals surface area contributed by atoms with Gasteiger partial charge in [0.05, 0.1) is 16.2 Å². The number of aromatic nitrogens is 1. The topological polar surface area (TPSA) is 54.0 Å². The monoisotopic (exact) mass is 239 g/mol. The second-order valence-corrected chi connectivity index (χ2v) is 5.79. The third kappa shape index (κ3) is 2.25. The summed E-state index contributed by atoms with van der Waals surface area (Å²) in [6, 6.07) is 0. The number of nitrogens with zero attached hydrogens (tertiary/aromatic N) is 1. The van der Waals surface area contributed by atoms with Crippen LogP contribution in [-0.4, -0.2) is 29.5 Å². The van der Waals surface area contributed by atoms with Gasteiger partial charge in [-0.25, -0.2) is 4.98 Å². The van der Waals surface area contributed by atoms with E-state index in [2.05, 4.69) is 22.5 Å². The van der Waals surface area contributed by atoms with E-state index >= 15 is 0 Å². The molecule has 0 bridgehead atoms. The summed E-state index contributed by atoms with van der Waals surface area (Å²) in [7, 11) is 0. The number of aryl methyl sites for hydroxylation is 2. The summed E-state index contributed by atoms with van der Waals surface area (Å²) in [6.45, 7) is 7.70. The van der Waals surface area contributed by atoms with Gasteiger partial charge in [0.25, 0.3) is 5.91 Å². The lowest BCUT2D eigenvalue weighted by molar-refractivity contribution is 0.0916. The van der Waals surface area contributed by atoms with Gasteiger partial charge in [-0.05, 0) is 33.7 Å². The average molecular weight is 239 g/mol. The molecule has 0 spiro atoms. The number of nitrogens with one attached hydrogen (secondary N) is 2. The second kappa shape index (κ2) is 4.14. The molecule has 1 saturated heterocycles.